The third-order valence-electron chi connectivity index (χ3n) is 4.96. The van der Waals surface area contributed by atoms with Gasteiger partial charge in [-0.15, -0.1) is 0 Å². The largest absolute Gasteiger partial charge is 0.468 e. The molecule has 3 aromatic carbocycles. The van der Waals surface area contributed by atoms with Crippen LogP contribution in [0.4, 0.5) is 0 Å². The molecule has 0 aliphatic carbocycles. The highest BCUT2D eigenvalue weighted by molar-refractivity contribution is 5.95. The van der Waals surface area contributed by atoms with Crippen molar-refractivity contribution in [3.63, 3.8) is 0 Å². The van der Waals surface area contributed by atoms with Gasteiger partial charge in [-0.1, -0.05) is 78.9 Å². The van der Waals surface area contributed by atoms with Crippen molar-refractivity contribution in [2.75, 3.05) is 7.11 Å². The van der Waals surface area contributed by atoms with Crippen LogP contribution in [0.2, 0.25) is 0 Å². The van der Waals surface area contributed by atoms with Gasteiger partial charge in [-0.25, -0.2) is 0 Å². The van der Waals surface area contributed by atoms with Crippen molar-refractivity contribution < 1.29 is 14.3 Å². The lowest BCUT2D eigenvalue weighted by atomic mass is 9.87. The summed E-state index contributed by atoms with van der Waals surface area (Å²) in [6.45, 7) is 0. The monoisotopic (exact) mass is 387 g/mol. The molecule has 0 radical (unpaired) electrons. The Hall–Kier alpha value is -3.40. The fourth-order valence-corrected chi connectivity index (χ4v) is 3.45. The highest BCUT2D eigenvalue weighted by Crippen LogP contribution is 2.25. The Balaban J connectivity index is 1.88. The molecule has 0 spiro atoms. The van der Waals surface area contributed by atoms with Crippen molar-refractivity contribution in [2.24, 2.45) is 0 Å². The van der Waals surface area contributed by atoms with Crippen LogP contribution in [0, 0.1) is 0 Å². The fourth-order valence-electron chi connectivity index (χ4n) is 3.45. The molecule has 148 valence electrons. The normalized spacial score (nSPS) is 12.6. The minimum absolute atomic E-state index is 0.200. The van der Waals surface area contributed by atoms with Gasteiger partial charge in [-0.05, 0) is 36.1 Å². The van der Waals surface area contributed by atoms with Crippen LogP contribution < -0.4 is 5.32 Å². The van der Waals surface area contributed by atoms with Crippen LogP contribution >= 0.6 is 0 Å². The summed E-state index contributed by atoms with van der Waals surface area (Å²) in [5.74, 6) is -1.14. The van der Waals surface area contributed by atoms with Gasteiger partial charge < -0.3 is 10.1 Å². The van der Waals surface area contributed by atoms with E-state index in [2.05, 4.69) is 5.32 Å². The highest BCUT2D eigenvalue weighted by atomic mass is 16.5. The van der Waals surface area contributed by atoms with Crippen molar-refractivity contribution in [3.8, 4) is 0 Å². The van der Waals surface area contributed by atoms with Gasteiger partial charge in [-0.2, -0.15) is 0 Å². The molecule has 0 bridgehead atoms. The second-order valence-corrected chi connectivity index (χ2v) is 6.88. The smallest absolute Gasteiger partial charge is 0.315 e. The van der Waals surface area contributed by atoms with E-state index in [0.717, 1.165) is 17.5 Å². The van der Waals surface area contributed by atoms with Gasteiger partial charge in [0.15, 0.2) is 0 Å². The molecule has 0 unspecified atom stereocenters. The van der Waals surface area contributed by atoms with E-state index in [4.69, 9.17) is 4.74 Å². The van der Waals surface area contributed by atoms with E-state index >= 15 is 0 Å². The van der Waals surface area contributed by atoms with Gasteiger partial charge in [-0.3, -0.25) is 9.59 Å². The molecule has 3 rings (SSSR count). The summed E-state index contributed by atoms with van der Waals surface area (Å²) in [6.07, 6.45) is 1.35. The van der Waals surface area contributed by atoms with Crippen LogP contribution in [0.1, 0.15) is 33.8 Å². The average Bonchev–Trinajstić information content (AvgIpc) is 2.79. The van der Waals surface area contributed by atoms with Crippen LogP contribution in [-0.4, -0.2) is 25.0 Å². The number of hydrogen-bond acceptors (Lipinski definition) is 3. The lowest BCUT2D eigenvalue weighted by molar-refractivity contribution is -0.143. The molecule has 3 aromatic rings. The molecule has 4 heteroatoms. The molecule has 0 aliphatic rings. The number of carbonyl (C=O) groups excluding carboxylic acids is 2. The van der Waals surface area contributed by atoms with E-state index in [0.29, 0.717) is 12.0 Å². The summed E-state index contributed by atoms with van der Waals surface area (Å²) in [5.41, 5.74) is 2.54. The second-order valence-electron chi connectivity index (χ2n) is 6.88. The topological polar surface area (TPSA) is 55.4 Å². The van der Waals surface area contributed by atoms with Crippen molar-refractivity contribution >= 4 is 11.9 Å². The highest BCUT2D eigenvalue weighted by Gasteiger charge is 2.32. The first-order valence-electron chi connectivity index (χ1n) is 9.71. The molecule has 0 aromatic heterocycles. The van der Waals surface area contributed by atoms with Crippen molar-refractivity contribution in [1.82, 2.24) is 5.32 Å². The summed E-state index contributed by atoms with van der Waals surface area (Å²) in [4.78, 5) is 25.6. The van der Waals surface area contributed by atoms with E-state index in [9.17, 15) is 9.59 Å². The number of hydrogen-bond donors (Lipinski definition) is 1. The van der Waals surface area contributed by atoms with Crippen molar-refractivity contribution in [2.45, 2.75) is 24.8 Å². The summed E-state index contributed by atoms with van der Waals surface area (Å²) in [7, 11) is 1.38. The zero-order chi connectivity index (χ0) is 20.5. The number of carbonyl (C=O) groups is 2. The number of methoxy groups -OCH3 is 1. The van der Waals surface area contributed by atoms with Crippen molar-refractivity contribution in [1.29, 1.82) is 0 Å². The molecule has 1 N–H and O–H groups in total. The summed E-state index contributed by atoms with van der Waals surface area (Å²) >= 11 is 0. The van der Waals surface area contributed by atoms with E-state index in [1.165, 1.54) is 7.11 Å². The van der Waals surface area contributed by atoms with E-state index in [-0.39, 0.29) is 11.9 Å². The number of esters is 1. The predicted molar refractivity (Wildman–Crippen MR) is 114 cm³/mol. The van der Waals surface area contributed by atoms with E-state index in [1.807, 2.05) is 78.9 Å². The average molecular weight is 387 g/mol. The Morgan fingerprint density at radius 1 is 0.828 bits per heavy atom. The van der Waals surface area contributed by atoms with Gasteiger partial charge in [0.2, 0.25) is 0 Å². The first-order valence-corrected chi connectivity index (χ1v) is 9.71. The Kier molecular flexibility index (Phi) is 7.17. The first-order chi connectivity index (χ1) is 14.2. The quantitative estimate of drug-likeness (QED) is 0.584. The minimum Gasteiger partial charge on any atom is -0.468 e. The summed E-state index contributed by atoms with van der Waals surface area (Å²) in [5, 5.41) is 3.08. The maximum absolute atomic E-state index is 12.8. The number of rotatable bonds is 8. The number of amides is 1. The molecular weight excluding hydrogens is 362 g/mol. The van der Waals surface area contributed by atoms with Gasteiger partial charge in [0, 0.05) is 11.6 Å². The van der Waals surface area contributed by atoms with Gasteiger partial charge in [0.05, 0.1) is 7.11 Å². The van der Waals surface area contributed by atoms with Gasteiger partial charge >= 0.3 is 5.97 Å². The number of aryl methyl sites for hydroxylation is 1. The fraction of sp³-hybridized carbons (Fsp3) is 0.200. The van der Waals surface area contributed by atoms with Crippen LogP contribution in [0.5, 0.6) is 0 Å². The third-order valence-corrected chi connectivity index (χ3v) is 4.96. The Morgan fingerprint density at radius 3 is 1.97 bits per heavy atom. The Bertz CT molecular complexity index is 911. The molecule has 4 nitrogen and oxygen atoms in total. The molecule has 0 fully saturated rings. The van der Waals surface area contributed by atoms with E-state index < -0.39 is 12.0 Å². The minimum atomic E-state index is -0.586. The molecule has 0 aliphatic heterocycles. The van der Waals surface area contributed by atoms with Crippen molar-refractivity contribution in [3.05, 3.63) is 108 Å². The maximum atomic E-state index is 12.8. The predicted octanol–water partition coefficient (Wildman–Crippen LogP) is 4.37. The Labute approximate surface area is 171 Å². The molecule has 0 heterocycles. The standard InChI is InChI=1S/C25H25NO3/c1-29-25(28)23(20-13-7-3-8-14-20)22(18-17-19-11-5-2-6-12-19)26-24(27)21-15-9-4-10-16-21/h2-16,22-23H,17-18H2,1H3,(H,26,27)/t22-,23+/m0/s1. The van der Waals surface area contributed by atoms with Crippen LogP contribution in [-0.2, 0) is 16.0 Å². The van der Waals surface area contributed by atoms with Crippen LogP contribution in [0.15, 0.2) is 91.0 Å². The zero-order valence-electron chi connectivity index (χ0n) is 16.5. The lowest BCUT2D eigenvalue weighted by Gasteiger charge is -2.27. The first kappa shape index (κ1) is 20.3. The lowest BCUT2D eigenvalue weighted by Crippen LogP contribution is -2.43. The van der Waals surface area contributed by atoms with Crippen LogP contribution in [0.3, 0.4) is 0 Å². The van der Waals surface area contributed by atoms with Gasteiger partial charge in [0.25, 0.3) is 5.91 Å². The van der Waals surface area contributed by atoms with E-state index in [1.54, 1.807) is 12.1 Å². The number of benzene rings is 3. The maximum Gasteiger partial charge on any atom is 0.315 e. The molecule has 1 amide bonds. The molecule has 2 atom stereocenters. The van der Waals surface area contributed by atoms with Gasteiger partial charge in [0.1, 0.15) is 5.92 Å². The van der Waals surface area contributed by atoms with Crippen LogP contribution in [0.25, 0.3) is 0 Å². The third kappa shape index (κ3) is 5.55. The summed E-state index contributed by atoms with van der Waals surface area (Å²) in [6, 6.07) is 28.1. The second kappa shape index (κ2) is 10.2. The summed E-state index contributed by atoms with van der Waals surface area (Å²) < 4.78 is 5.10. The molecule has 29 heavy (non-hydrogen) atoms. The zero-order valence-corrected chi connectivity index (χ0v) is 16.5. The Morgan fingerprint density at radius 2 is 1.38 bits per heavy atom. The SMILES string of the molecule is COC(=O)[C@H](c1ccccc1)[C@H](CCc1ccccc1)NC(=O)c1ccccc1. The molecular formula is C25H25NO3. The number of ether oxygens (including phenoxy) is 1. The molecule has 0 saturated carbocycles. The molecule has 0 saturated heterocycles. The number of nitrogens with one attached hydrogen (secondary N) is 1.